The zero-order valence-electron chi connectivity index (χ0n) is 20.5. The van der Waals surface area contributed by atoms with Gasteiger partial charge in [0.2, 0.25) is 0 Å². The molecule has 1 fully saturated rings. The van der Waals surface area contributed by atoms with Gasteiger partial charge in [0.05, 0.1) is 17.3 Å². The van der Waals surface area contributed by atoms with Crippen LogP contribution in [0.2, 0.25) is 0 Å². The van der Waals surface area contributed by atoms with Crippen LogP contribution in [0, 0.1) is 11.8 Å². The number of carbonyl (C=O) groups excluding carboxylic acids is 1. The van der Waals surface area contributed by atoms with E-state index < -0.39 is 17.6 Å². The lowest BCUT2D eigenvalue weighted by atomic mass is 10.0. The molecule has 4 heterocycles. The third-order valence-electron chi connectivity index (χ3n) is 6.28. The van der Waals surface area contributed by atoms with Crippen molar-refractivity contribution >= 4 is 17.2 Å². The molecule has 1 saturated heterocycles. The fourth-order valence-electron chi connectivity index (χ4n) is 4.19. The Morgan fingerprint density at radius 1 is 1.05 bits per heavy atom. The Bertz CT molecular complexity index is 1530. The van der Waals surface area contributed by atoms with Crippen molar-refractivity contribution in [3.05, 3.63) is 89.1 Å². The second-order valence-corrected chi connectivity index (χ2v) is 9.05. The first-order valence-electron chi connectivity index (χ1n) is 11.9. The number of hydrogen-bond donors (Lipinski definition) is 1. The third kappa shape index (κ3) is 5.82. The Hall–Kier alpha value is -4.27. The average molecular weight is 520 g/mol. The predicted molar refractivity (Wildman–Crippen MR) is 135 cm³/mol. The third-order valence-corrected chi connectivity index (χ3v) is 6.28. The summed E-state index contributed by atoms with van der Waals surface area (Å²) >= 11 is 0. The number of benzene rings is 1. The Balaban J connectivity index is 1.32. The van der Waals surface area contributed by atoms with Crippen LogP contribution in [0.1, 0.15) is 32.7 Å². The lowest BCUT2D eigenvalue weighted by Crippen LogP contribution is -2.44. The smallest absolute Gasteiger partial charge is 0.322 e. The molecule has 0 aliphatic carbocycles. The van der Waals surface area contributed by atoms with Crippen LogP contribution in [0.25, 0.3) is 5.65 Å². The number of halogens is 3. The molecule has 0 radical (unpaired) electrons. The minimum Gasteiger partial charge on any atom is -0.322 e. The van der Waals surface area contributed by atoms with Crippen molar-refractivity contribution in [2.24, 2.45) is 0 Å². The summed E-state index contributed by atoms with van der Waals surface area (Å²) in [4.78, 5) is 25.3. The number of anilines is 1. The maximum atomic E-state index is 13.9. The van der Waals surface area contributed by atoms with Crippen molar-refractivity contribution in [2.45, 2.75) is 12.7 Å². The number of nitrogens with zero attached hydrogens (tertiary/aromatic N) is 6. The molecule has 11 heteroatoms. The number of carbonyl (C=O) groups is 1. The van der Waals surface area contributed by atoms with E-state index in [1.54, 1.807) is 29.0 Å². The lowest BCUT2D eigenvalue weighted by molar-refractivity contribution is -0.138. The summed E-state index contributed by atoms with van der Waals surface area (Å²) in [5.41, 5.74) is 1.32. The number of fused-ring (bicyclic) bond motifs is 1. The summed E-state index contributed by atoms with van der Waals surface area (Å²) in [7, 11) is 1.99. The average Bonchev–Trinajstić information content (AvgIpc) is 3.32. The summed E-state index contributed by atoms with van der Waals surface area (Å²) in [5, 5.41) is 6.76. The van der Waals surface area contributed by atoms with Crippen molar-refractivity contribution in [1.29, 1.82) is 0 Å². The van der Waals surface area contributed by atoms with Crippen LogP contribution in [-0.4, -0.2) is 68.5 Å². The maximum absolute atomic E-state index is 13.9. The second-order valence-electron chi connectivity index (χ2n) is 9.05. The molecule has 4 aromatic rings. The van der Waals surface area contributed by atoms with Crippen LogP contribution in [0.3, 0.4) is 0 Å². The van der Waals surface area contributed by atoms with E-state index in [-0.39, 0.29) is 23.4 Å². The Morgan fingerprint density at radius 2 is 1.87 bits per heavy atom. The van der Waals surface area contributed by atoms with Crippen LogP contribution in [0.4, 0.5) is 18.9 Å². The minimum atomic E-state index is -4.55. The van der Waals surface area contributed by atoms with Crippen molar-refractivity contribution in [1.82, 2.24) is 29.4 Å². The van der Waals surface area contributed by atoms with E-state index >= 15 is 0 Å². The van der Waals surface area contributed by atoms with Gasteiger partial charge in [0.1, 0.15) is 5.69 Å². The van der Waals surface area contributed by atoms with Gasteiger partial charge in [0.25, 0.3) is 5.91 Å². The van der Waals surface area contributed by atoms with Gasteiger partial charge in [0, 0.05) is 62.6 Å². The molecule has 38 heavy (non-hydrogen) atoms. The lowest BCUT2D eigenvalue weighted by Gasteiger charge is -2.33. The van der Waals surface area contributed by atoms with Gasteiger partial charge in [-0.15, -0.1) is 0 Å². The van der Waals surface area contributed by atoms with Crippen molar-refractivity contribution in [3.63, 3.8) is 0 Å². The largest absolute Gasteiger partial charge is 0.416 e. The number of imidazole rings is 1. The van der Waals surface area contributed by atoms with Gasteiger partial charge in [0.15, 0.2) is 5.65 Å². The van der Waals surface area contributed by atoms with E-state index in [0.717, 1.165) is 19.2 Å². The first-order chi connectivity index (χ1) is 18.3. The van der Waals surface area contributed by atoms with Gasteiger partial charge in [-0.05, 0) is 48.9 Å². The molecule has 0 unspecified atom stereocenters. The standard InChI is InChI=1S/C27H24F3N7O/c1-35-9-11-36(12-10-35)18-20-5-6-22(14-24(20)27(28,29)30)34-26(38)21-13-19(15-31-16-21)4-7-23-17-32-25-3-2-8-33-37(23)25/h2-3,5-6,8,13-17H,9-12,18H2,1H3,(H,34,38). The Kier molecular flexibility index (Phi) is 7.09. The number of rotatable bonds is 4. The maximum Gasteiger partial charge on any atom is 0.416 e. The molecule has 1 aliphatic heterocycles. The number of likely N-dealkylation sites (N-methyl/N-ethyl adjacent to an activating group) is 1. The van der Waals surface area contributed by atoms with E-state index in [2.05, 4.69) is 37.1 Å². The number of piperazine rings is 1. The van der Waals surface area contributed by atoms with E-state index in [9.17, 15) is 18.0 Å². The van der Waals surface area contributed by atoms with E-state index in [1.807, 2.05) is 11.9 Å². The molecule has 1 aromatic carbocycles. The minimum absolute atomic E-state index is 0.0535. The molecule has 1 N–H and O–H groups in total. The number of pyridine rings is 1. The second kappa shape index (κ2) is 10.6. The fourth-order valence-corrected chi connectivity index (χ4v) is 4.19. The number of alkyl halides is 3. The van der Waals surface area contributed by atoms with Gasteiger partial charge in [-0.2, -0.15) is 18.3 Å². The van der Waals surface area contributed by atoms with Crippen molar-refractivity contribution < 1.29 is 18.0 Å². The van der Waals surface area contributed by atoms with Crippen LogP contribution in [0.15, 0.2) is 61.2 Å². The van der Waals surface area contributed by atoms with Gasteiger partial charge in [-0.3, -0.25) is 14.7 Å². The molecule has 0 bridgehead atoms. The van der Waals surface area contributed by atoms with Crippen molar-refractivity contribution in [2.75, 3.05) is 38.5 Å². The first kappa shape index (κ1) is 25.4. The topological polar surface area (TPSA) is 78.7 Å². The zero-order chi connectivity index (χ0) is 26.7. The normalized spacial score (nSPS) is 14.7. The molecule has 1 aliphatic rings. The Morgan fingerprint density at radius 3 is 2.66 bits per heavy atom. The Labute approximate surface area is 217 Å². The number of aromatic nitrogens is 4. The quantitative estimate of drug-likeness (QED) is 0.416. The summed E-state index contributed by atoms with van der Waals surface area (Å²) in [6, 6.07) is 9.00. The molecule has 0 atom stereocenters. The first-order valence-corrected chi connectivity index (χ1v) is 11.9. The van der Waals surface area contributed by atoms with Gasteiger partial charge < -0.3 is 10.2 Å². The van der Waals surface area contributed by atoms with Crippen LogP contribution in [-0.2, 0) is 12.7 Å². The molecular weight excluding hydrogens is 495 g/mol. The highest BCUT2D eigenvalue weighted by molar-refractivity contribution is 6.04. The van der Waals surface area contributed by atoms with E-state index in [1.165, 1.54) is 30.6 Å². The highest BCUT2D eigenvalue weighted by Crippen LogP contribution is 2.34. The summed E-state index contributed by atoms with van der Waals surface area (Å²) < 4.78 is 43.2. The molecule has 8 nitrogen and oxygen atoms in total. The molecule has 0 saturated carbocycles. The zero-order valence-corrected chi connectivity index (χ0v) is 20.5. The molecule has 194 valence electrons. The fraction of sp³-hybridized carbons (Fsp3) is 0.259. The number of nitrogens with one attached hydrogen (secondary N) is 1. The highest BCUT2D eigenvalue weighted by Gasteiger charge is 2.34. The van der Waals surface area contributed by atoms with E-state index in [0.29, 0.717) is 30.0 Å². The van der Waals surface area contributed by atoms with Gasteiger partial charge >= 0.3 is 6.18 Å². The van der Waals surface area contributed by atoms with Crippen LogP contribution in [0.5, 0.6) is 0 Å². The summed E-state index contributed by atoms with van der Waals surface area (Å²) in [5.74, 6) is 5.29. The number of hydrogen-bond acceptors (Lipinski definition) is 6. The molecule has 3 aromatic heterocycles. The van der Waals surface area contributed by atoms with E-state index in [4.69, 9.17) is 0 Å². The monoisotopic (exact) mass is 519 g/mol. The van der Waals surface area contributed by atoms with Crippen molar-refractivity contribution in [3.8, 4) is 11.8 Å². The summed E-state index contributed by atoms with van der Waals surface area (Å²) in [6.07, 6.45) is 1.49. The number of amides is 1. The molecular formula is C27H24F3N7O. The SMILES string of the molecule is CN1CCN(Cc2ccc(NC(=O)c3cncc(C#Cc4cnc5cccnn45)c3)cc2C(F)(F)F)CC1. The molecule has 1 amide bonds. The van der Waals surface area contributed by atoms with Gasteiger partial charge in [-0.25, -0.2) is 9.50 Å². The highest BCUT2D eigenvalue weighted by atomic mass is 19.4. The molecule has 0 spiro atoms. The molecule has 5 rings (SSSR count). The predicted octanol–water partition coefficient (Wildman–Crippen LogP) is 3.54. The van der Waals surface area contributed by atoms with Crippen LogP contribution >= 0.6 is 0 Å². The summed E-state index contributed by atoms with van der Waals surface area (Å²) in [6.45, 7) is 3.22. The van der Waals surface area contributed by atoms with Gasteiger partial charge in [-0.1, -0.05) is 12.0 Å². The van der Waals surface area contributed by atoms with Crippen LogP contribution < -0.4 is 5.32 Å².